The van der Waals surface area contributed by atoms with Crippen molar-refractivity contribution in [1.29, 1.82) is 0 Å². The minimum absolute atomic E-state index is 0.0425. The largest absolute Gasteiger partial charge is 0.355 e. The number of rotatable bonds is 4. The Morgan fingerprint density at radius 2 is 2.11 bits per heavy atom. The Morgan fingerprint density at radius 3 is 2.74 bits per heavy atom. The fourth-order valence-corrected chi connectivity index (χ4v) is 2.72. The molecule has 0 saturated carbocycles. The van der Waals surface area contributed by atoms with Crippen LogP contribution in [0.5, 0.6) is 0 Å². The van der Waals surface area contributed by atoms with E-state index in [1.165, 1.54) is 12.8 Å². The van der Waals surface area contributed by atoms with Crippen LogP contribution in [0.4, 0.5) is 0 Å². The number of piperidine rings is 2. The summed E-state index contributed by atoms with van der Waals surface area (Å²) in [7, 11) is 0. The van der Waals surface area contributed by atoms with Crippen LogP contribution < -0.4 is 10.6 Å². The number of hydrogen-bond acceptors (Lipinski definition) is 3. The van der Waals surface area contributed by atoms with E-state index in [1.807, 2.05) is 0 Å². The number of nitrogens with zero attached hydrogens (tertiary/aromatic N) is 1. The summed E-state index contributed by atoms with van der Waals surface area (Å²) in [4.78, 5) is 25.4. The molecule has 2 aliphatic rings. The molecule has 0 aromatic heterocycles. The molecule has 108 valence electrons. The van der Waals surface area contributed by atoms with E-state index in [0.29, 0.717) is 19.4 Å². The van der Waals surface area contributed by atoms with Crippen LogP contribution >= 0.6 is 0 Å². The monoisotopic (exact) mass is 267 g/mol. The Bertz CT molecular complexity index is 315. The molecular formula is C14H25N3O2. The van der Waals surface area contributed by atoms with E-state index in [2.05, 4.69) is 22.5 Å². The first-order chi connectivity index (χ1) is 9.15. The van der Waals surface area contributed by atoms with Crippen molar-refractivity contribution in [3.8, 4) is 0 Å². The average Bonchev–Trinajstić information content (AvgIpc) is 2.41. The third-order valence-electron chi connectivity index (χ3n) is 4.24. The van der Waals surface area contributed by atoms with Gasteiger partial charge in [-0.25, -0.2) is 0 Å². The van der Waals surface area contributed by atoms with E-state index in [1.54, 1.807) is 0 Å². The summed E-state index contributed by atoms with van der Waals surface area (Å²) in [5.41, 5.74) is 0. The van der Waals surface area contributed by atoms with Crippen molar-refractivity contribution in [3.63, 3.8) is 0 Å². The molecule has 0 bridgehead atoms. The zero-order chi connectivity index (χ0) is 13.7. The van der Waals surface area contributed by atoms with Gasteiger partial charge < -0.3 is 15.5 Å². The second-order valence-electron chi connectivity index (χ2n) is 5.85. The Hall–Kier alpha value is -1.10. The van der Waals surface area contributed by atoms with Gasteiger partial charge in [0.25, 0.3) is 0 Å². The molecule has 5 nitrogen and oxygen atoms in total. The smallest absolute Gasteiger partial charge is 0.224 e. The summed E-state index contributed by atoms with van der Waals surface area (Å²) >= 11 is 0. The van der Waals surface area contributed by atoms with Crippen molar-refractivity contribution in [2.75, 3.05) is 32.7 Å². The highest BCUT2D eigenvalue weighted by molar-refractivity contribution is 5.83. The molecule has 0 aliphatic carbocycles. The molecule has 0 spiro atoms. The van der Waals surface area contributed by atoms with Crippen molar-refractivity contribution < 1.29 is 9.59 Å². The first kappa shape index (κ1) is 14.3. The van der Waals surface area contributed by atoms with E-state index >= 15 is 0 Å². The van der Waals surface area contributed by atoms with Gasteiger partial charge in [0.2, 0.25) is 11.8 Å². The predicted molar refractivity (Wildman–Crippen MR) is 73.6 cm³/mol. The summed E-state index contributed by atoms with van der Waals surface area (Å²) in [6, 6.07) is 0. The molecule has 2 amide bonds. The molecular weight excluding hydrogens is 242 g/mol. The molecule has 5 heteroatoms. The number of hydrogen-bond donors (Lipinski definition) is 2. The van der Waals surface area contributed by atoms with Gasteiger partial charge in [-0.1, -0.05) is 6.92 Å². The number of nitrogens with one attached hydrogen (secondary N) is 2. The molecule has 2 rings (SSSR count). The molecule has 2 heterocycles. The normalized spacial score (nSPS) is 25.9. The zero-order valence-electron chi connectivity index (χ0n) is 11.8. The highest BCUT2D eigenvalue weighted by atomic mass is 16.2. The molecule has 2 N–H and O–H groups in total. The van der Waals surface area contributed by atoms with Gasteiger partial charge in [0.1, 0.15) is 0 Å². The Kier molecular flexibility index (Phi) is 5.19. The lowest BCUT2D eigenvalue weighted by molar-refractivity contribution is -0.128. The van der Waals surface area contributed by atoms with E-state index in [-0.39, 0.29) is 17.7 Å². The maximum Gasteiger partial charge on any atom is 0.224 e. The highest BCUT2D eigenvalue weighted by Gasteiger charge is 2.24. The van der Waals surface area contributed by atoms with Crippen molar-refractivity contribution in [2.24, 2.45) is 11.8 Å². The van der Waals surface area contributed by atoms with Crippen LogP contribution in [0.3, 0.4) is 0 Å². The van der Waals surface area contributed by atoms with Crippen LogP contribution in [0.25, 0.3) is 0 Å². The molecule has 2 fully saturated rings. The fourth-order valence-electron chi connectivity index (χ4n) is 2.72. The van der Waals surface area contributed by atoms with Crippen LogP contribution in [0, 0.1) is 11.8 Å². The van der Waals surface area contributed by atoms with Gasteiger partial charge in [-0.3, -0.25) is 9.59 Å². The molecule has 2 saturated heterocycles. The molecule has 0 radical (unpaired) electrons. The second kappa shape index (κ2) is 6.89. The average molecular weight is 267 g/mol. The highest BCUT2D eigenvalue weighted by Crippen LogP contribution is 2.15. The second-order valence-corrected chi connectivity index (χ2v) is 5.85. The van der Waals surface area contributed by atoms with Crippen molar-refractivity contribution in [2.45, 2.75) is 32.6 Å². The van der Waals surface area contributed by atoms with E-state index in [9.17, 15) is 9.59 Å². The lowest BCUT2D eigenvalue weighted by Crippen LogP contribution is -2.45. The minimum atomic E-state index is -0.0425. The molecule has 2 aliphatic heterocycles. The molecule has 1 atom stereocenters. The minimum Gasteiger partial charge on any atom is -0.355 e. The van der Waals surface area contributed by atoms with Gasteiger partial charge >= 0.3 is 0 Å². The van der Waals surface area contributed by atoms with Gasteiger partial charge in [0, 0.05) is 26.1 Å². The van der Waals surface area contributed by atoms with Gasteiger partial charge in [-0.15, -0.1) is 0 Å². The zero-order valence-corrected chi connectivity index (χ0v) is 11.8. The van der Waals surface area contributed by atoms with Gasteiger partial charge in [-0.2, -0.15) is 0 Å². The van der Waals surface area contributed by atoms with Gasteiger partial charge in [0.15, 0.2) is 0 Å². The number of likely N-dealkylation sites (tertiary alicyclic amines) is 1. The van der Waals surface area contributed by atoms with Gasteiger partial charge in [-0.05, 0) is 38.3 Å². The number of amides is 2. The Balaban J connectivity index is 1.60. The van der Waals surface area contributed by atoms with Gasteiger partial charge in [0.05, 0.1) is 5.92 Å². The topological polar surface area (TPSA) is 61.4 Å². The lowest BCUT2D eigenvalue weighted by Gasteiger charge is -2.30. The van der Waals surface area contributed by atoms with E-state index in [0.717, 1.165) is 32.1 Å². The van der Waals surface area contributed by atoms with Crippen LogP contribution in [0.2, 0.25) is 0 Å². The van der Waals surface area contributed by atoms with Crippen molar-refractivity contribution in [3.05, 3.63) is 0 Å². The number of carbonyl (C=O) groups excluding carboxylic acids is 2. The van der Waals surface area contributed by atoms with Crippen molar-refractivity contribution in [1.82, 2.24) is 15.5 Å². The predicted octanol–water partition coefficient (Wildman–Crippen LogP) is 0.361. The summed E-state index contributed by atoms with van der Waals surface area (Å²) in [5.74, 6) is 0.952. The molecule has 1 unspecified atom stereocenters. The lowest BCUT2D eigenvalue weighted by atomic mass is 9.98. The summed E-state index contributed by atoms with van der Waals surface area (Å²) in [5, 5.41) is 5.74. The first-order valence-corrected chi connectivity index (χ1v) is 7.42. The Labute approximate surface area is 115 Å². The Morgan fingerprint density at radius 1 is 1.37 bits per heavy atom. The third-order valence-corrected chi connectivity index (χ3v) is 4.24. The van der Waals surface area contributed by atoms with Crippen LogP contribution in [0.1, 0.15) is 32.6 Å². The summed E-state index contributed by atoms with van der Waals surface area (Å²) in [6.45, 7) is 6.75. The maximum absolute atomic E-state index is 11.9. The van der Waals surface area contributed by atoms with E-state index in [4.69, 9.17) is 0 Å². The molecule has 0 aromatic rings. The summed E-state index contributed by atoms with van der Waals surface area (Å²) in [6.07, 6.45) is 3.69. The van der Waals surface area contributed by atoms with Crippen molar-refractivity contribution >= 4 is 11.8 Å². The quantitative estimate of drug-likeness (QED) is 0.773. The molecule has 19 heavy (non-hydrogen) atoms. The third kappa shape index (κ3) is 4.49. The molecule has 0 aromatic carbocycles. The SMILES string of the molecule is CC1CCN(CCNC(=O)C2CCC(=O)NC2)CC1. The standard InChI is InChI=1S/C14H25N3O2/c1-11-4-7-17(8-5-11)9-6-15-14(19)12-2-3-13(18)16-10-12/h11-12H,2-10H2,1H3,(H,15,19)(H,16,18). The summed E-state index contributed by atoms with van der Waals surface area (Å²) < 4.78 is 0. The number of carbonyl (C=O) groups is 2. The first-order valence-electron chi connectivity index (χ1n) is 7.42. The van der Waals surface area contributed by atoms with Crippen LogP contribution in [-0.2, 0) is 9.59 Å². The van der Waals surface area contributed by atoms with Crippen LogP contribution in [0.15, 0.2) is 0 Å². The fraction of sp³-hybridized carbons (Fsp3) is 0.857. The maximum atomic E-state index is 11.9. The van der Waals surface area contributed by atoms with E-state index < -0.39 is 0 Å². The van der Waals surface area contributed by atoms with Crippen LogP contribution in [-0.4, -0.2) is 49.4 Å².